The lowest BCUT2D eigenvalue weighted by Crippen LogP contribution is -2.13. The Morgan fingerprint density at radius 2 is 1.77 bits per heavy atom. The minimum atomic E-state index is -3.78. The van der Waals surface area contributed by atoms with Crippen molar-refractivity contribution in [2.45, 2.75) is 4.90 Å². The Hall–Kier alpha value is -3.26. The van der Waals surface area contributed by atoms with Gasteiger partial charge in [-0.3, -0.25) is 9.52 Å². The fourth-order valence-corrected chi connectivity index (χ4v) is 3.95. The summed E-state index contributed by atoms with van der Waals surface area (Å²) >= 11 is 0. The van der Waals surface area contributed by atoms with E-state index in [1.807, 2.05) is 0 Å². The molecule has 2 aromatic carbocycles. The van der Waals surface area contributed by atoms with E-state index in [2.05, 4.69) is 14.7 Å². The number of sulfonamides is 1. The number of benzene rings is 2. The number of pyridine rings is 1. The third-order valence-electron chi connectivity index (χ3n) is 4.16. The number of anilines is 1. The molecular formula is C18H15N3O4S. The van der Waals surface area contributed by atoms with Crippen LogP contribution in [0.3, 0.4) is 0 Å². The largest absolute Gasteiger partial charge is 0.497 e. The summed E-state index contributed by atoms with van der Waals surface area (Å²) in [6.45, 7) is 0. The first-order valence-corrected chi connectivity index (χ1v) is 9.26. The molecule has 132 valence electrons. The van der Waals surface area contributed by atoms with E-state index < -0.39 is 10.0 Å². The quantitative estimate of drug-likeness (QED) is 0.514. The lowest BCUT2D eigenvalue weighted by molar-refractivity contribution is 0.415. The first kappa shape index (κ1) is 16.2. The van der Waals surface area contributed by atoms with Gasteiger partial charge in [0.2, 0.25) is 0 Å². The highest BCUT2D eigenvalue weighted by molar-refractivity contribution is 7.92. The summed E-state index contributed by atoms with van der Waals surface area (Å²) < 4.78 is 33.0. The van der Waals surface area contributed by atoms with Crippen LogP contribution in [0.5, 0.6) is 5.75 Å². The van der Waals surface area contributed by atoms with Gasteiger partial charge >= 0.3 is 0 Å². The van der Waals surface area contributed by atoms with Crippen LogP contribution < -0.4 is 15.0 Å². The van der Waals surface area contributed by atoms with Crippen molar-refractivity contribution < 1.29 is 13.2 Å². The maximum atomic E-state index is 12.7. The Kier molecular flexibility index (Phi) is 3.69. The third-order valence-corrected chi connectivity index (χ3v) is 5.53. The van der Waals surface area contributed by atoms with Crippen molar-refractivity contribution in [3.63, 3.8) is 0 Å². The Morgan fingerprint density at radius 1 is 1.00 bits per heavy atom. The van der Waals surface area contributed by atoms with Gasteiger partial charge in [0.25, 0.3) is 15.6 Å². The number of nitrogens with one attached hydrogen (secondary N) is 3. The first-order valence-electron chi connectivity index (χ1n) is 7.78. The summed E-state index contributed by atoms with van der Waals surface area (Å²) in [4.78, 5) is 17.7. The number of rotatable bonds is 4. The van der Waals surface area contributed by atoms with Gasteiger partial charge in [-0.05, 0) is 48.5 Å². The number of fused-ring (bicyclic) bond motifs is 3. The maximum Gasteiger partial charge on any atom is 0.272 e. The molecule has 4 rings (SSSR count). The lowest BCUT2D eigenvalue weighted by Gasteiger charge is -2.10. The zero-order valence-corrected chi connectivity index (χ0v) is 14.6. The fraction of sp³-hybridized carbons (Fsp3) is 0.0556. The van der Waals surface area contributed by atoms with Gasteiger partial charge in [0, 0.05) is 28.2 Å². The molecule has 0 aliphatic carbocycles. The molecule has 0 fully saturated rings. The zero-order valence-electron chi connectivity index (χ0n) is 13.7. The van der Waals surface area contributed by atoms with Crippen molar-refractivity contribution in [2.75, 3.05) is 11.8 Å². The Balaban J connectivity index is 1.79. The molecule has 26 heavy (non-hydrogen) atoms. The highest BCUT2D eigenvalue weighted by Crippen LogP contribution is 2.25. The number of H-pyrrole nitrogens is 2. The van der Waals surface area contributed by atoms with E-state index in [1.54, 1.807) is 55.8 Å². The van der Waals surface area contributed by atoms with Crippen LogP contribution in [0.2, 0.25) is 0 Å². The summed E-state index contributed by atoms with van der Waals surface area (Å²) in [5.74, 6) is 0.637. The van der Waals surface area contributed by atoms with Gasteiger partial charge in [-0.1, -0.05) is 0 Å². The highest BCUT2D eigenvalue weighted by atomic mass is 32.2. The zero-order chi connectivity index (χ0) is 18.3. The standard InChI is InChI=1S/C18H15N3O4S/c1-25-12-4-2-11(3-5-12)21-26(23,24)13-6-7-16-15(10-13)14-8-9-19-17(14)18(22)20-16/h2-10,19,21H,1H3,(H,20,22). The van der Waals surface area contributed by atoms with E-state index in [4.69, 9.17) is 4.74 Å². The van der Waals surface area contributed by atoms with Gasteiger partial charge in [0.05, 0.1) is 12.0 Å². The van der Waals surface area contributed by atoms with Crippen molar-refractivity contribution >= 4 is 37.5 Å². The van der Waals surface area contributed by atoms with Gasteiger partial charge in [0.15, 0.2) is 0 Å². The Labute approximate surface area is 148 Å². The smallest absolute Gasteiger partial charge is 0.272 e. The summed E-state index contributed by atoms with van der Waals surface area (Å²) in [5, 5.41) is 1.32. The molecule has 0 saturated heterocycles. The minimum Gasteiger partial charge on any atom is -0.497 e. The number of ether oxygens (including phenoxy) is 1. The molecule has 0 bridgehead atoms. The molecule has 0 radical (unpaired) electrons. The molecule has 0 aliphatic heterocycles. The van der Waals surface area contributed by atoms with E-state index >= 15 is 0 Å². The summed E-state index contributed by atoms with van der Waals surface area (Å²) in [5.41, 5.74) is 1.17. The maximum absolute atomic E-state index is 12.7. The topological polar surface area (TPSA) is 104 Å². The SMILES string of the molecule is COc1ccc(NS(=O)(=O)c2ccc3[nH]c(=O)c4[nH]ccc4c3c2)cc1. The molecule has 0 amide bonds. The summed E-state index contributed by atoms with van der Waals surface area (Å²) in [7, 11) is -2.24. The van der Waals surface area contributed by atoms with Crippen LogP contribution in [0.4, 0.5) is 5.69 Å². The van der Waals surface area contributed by atoms with Crippen molar-refractivity contribution in [1.29, 1.82) is 0 Å². The normalized spacial score (nSPS) is 11.7. The Bertz CT molecular complexity index is 1270. The lowest BCUT2D eigenvalue weighted by atomic mass is 10.1. The molecule has 4 aromatic rings. The van der Waals surface area contributed by atoms with Gasteiger partial charge in [-0.15, -0.1) is 0 Å². The number of aromatic nitrogens is 2. The molecule has 0 atom stereocenters. The van der Waals surface area contributed by atoms with Gasteiger partial charge in [-0.2, -0.15) is 0 Å². The van der Waals surface area contributed by atoms with Crippen molar-refractivity contribution in [2.24, 2.45) is 0 Å². The number of methoxy groups -OCH3 is 1. The molecule has 2 heterocycles. The molecule has 0 saturated carbocycles. The van der Waals surface area contributed by atoms with Gasteiger partial charge in [-0.25, -0.2) is 8.42 Å². The molecule has 0 aliphatic rings. The van der Waals surface area contributed by atoms with E-state index in [9.17, 15) is 13.2 Å². The van der Waals surface area contributed by atoms with Gasteiger partial charge in [0.1, 0.15) is 11.3 Å². The van der Waals surface area contributed by atoms with Crippen LogP contribution in [0.1, 0.15) is 0 Å². The Morgan fingerprint density at radius 3 is 2.50 bits per heavy atom. The molecular weight excluding hydrogens is 354 g/mol. The molecule has 0 unspecified atom stereocenters. The second-order valence-electron chi connectivity index (χ2n) is 5.76. The van der Waals surface area contributed by atoms with Crippen LogP contribution >= 0.6 is 0 Å². The van der Waals surface area contributed by atoms with Crippen LogP contribution in [-0.2, 0) is 10.0 Å². The predicted octanol–water partition coefficient (Wildman–Crippen LogP) is 2.82. The van der Waals surface area contributed by atoms with Crippen molar-refractivity contribution in [3.8, 4) is 5.75 Å². The van der Waals surface area contributed by atoms with Crippen LogP contribution in [0.15, 0.2) is 64.4 Å². The second-order valence-corrected chi connectivity index (χ2v) is 7.44. The average molecular weight is 369 g/mol. The summed E-state index contributed by atoms with van der Waals surface area (Å²) in [6.07, 6.45) is 1.65. The van der Waals surface area contributed by atoms with Crippen LogP contribution in [0.25, 0.3) is 21.8 Å². The summed E-state index contributed by atoms with van der Waals surface area (Å²) in [6, 6.07) is 12.9. The molecule has 7 nitrogen and oxygen atoms in total. The highest BCUT2D eigenvalue weighted by Gasteiger charge is 2.16. The van der Waals surface area contributed by atoms with E-state index in [0.29, 0.717) is 33.2 Å². The number of aromatic amines is 2. The van der Waals surface area contributed by atoms with E-state index in [0.717, 1.165) is 0 Å². The average Bonchev–Trinajstić information content (AvgIpc) is 3.13. The molecule has 2 aromatic heterocycles. The molecule has 8 heteroatoms. The van der Waals surface area contributed by atoms with E-state index in [-0.39, 0.29) is 10.5 Å². The van der Waals surface area contributed by atoms with Crippen molar-refractivity contribution in [1.82, 2.24) is 9.97 Å². The van der Waals surface area contributed by atoms with Crippen LogP contribution in [0, 0.1) is 0 Å². The minimum absolute atomic E-state index is 0.107. The number of hydrogen-bond donors (Lipinski definition) is 3. The predicted molar refractivity (Wildman–Crippen MR) is 100 cm³/mol. The third kappa shape index (κ3) is 2.70. The molecule has 3 N–H and O–H groups in total. The van der Waals surface area contributed by atoms with E-state index in [1.165, 1.54) is 6.07 Å². The monoisotopic (exact) mass is 369 g/mol. The molecule has 0 spiro atoms. The van der Waals surface area contributed by atoms with Gasteiger partial charge < -0.3 is 14.7 Å². The first-order chi connectivity index (χ1) is 12.5. The van der Waals surface area contributed by atoms with Crippen LogP contribution in [-0.4, -0.2) is 25.5 Å². The second kappa shape index (κ2) is 5.92. The fourth-order valence-electron chi connectivity index (χ4n) is 2.86. The van der Waals surface area contributed by atoms with Crippen molar-refractivity contribution in [3.05, 3.63) is 65.1 Å². The number of hydrogen-bond acceptors (Lipinski definition) is 4.